The Morgan fingerprint density at radius 2 is 2.33 bits per heavy atom. The van der Waals surface area contributed by atoms with Crippen molar-refractivity contribution in [2.24, 2.45) is 0 Å². The summed E-state index contributed by atoms with van der Waals surface area (Å²) < 4.78 is 6.17. The van der Waals surface area contributed by atoms with Crippen molar-refractivity contribution in [3.8, 4) is 18.1 Å². The van der Waals surface area contributed by atoms with Gasteiger partial charge in [-0.15, -0.1) is 23.8 Å². The third-order valence-electron chi connectivity index (χ3n) is 2.90. The number of benzene rings is 1. The topological polar surface area (TPSA) is 29.5 Å². The van der Waals surface area contributed by atoms with Crippen molar-refractivity contribution in [3.63, 3.8) is 0 Å². The first-order valence-corrected chi connectivity index (χ1v) is 7.97. The van der Waals surface area contributed by atoms with E-state index in [0.29, 0.717) is 12.2 Å². The maximum absolute atomic E-state index is 12.0. The molecule has 1 aromatic carbocycles. The largest absolute Gasteiger partial charge is 0.481 e. The normalized spacial score (nSPS) is 17.6. The van der Waals surface area contributed by atoms with Gasteiger partial charge in [-0.2, -0.15) is 0 Å². The molecule has 1 unspecified atom stereocenters. The zero-order valence-electron chi connectivity index (χ0n) is 11.4. The van der Waals surface area contributed by atoms with Crippen LogP contribution in [0.2, 0.25) is 0 Å². The molecule has 1 aliphatic rings. The summed E-state index contributed by atoms with van der Waals surface area (Å²) in [6, 6.07) is 5.58. The third-order valence-corrected chi connectivity index (χ3v) is 4.53. The van der Waals surface area contributed by atoms with E-state index in [-0.39, 0.29) is 49.1 Å². The molecule has 1 atom stereocenters. The number of amides is 1. The van der Waals surface area contributed by atoms with Crippen molar-refractivity contribution in [1.29, 1.82) is 0 Å². The number of alkyl halides is 1. The van der Waals surface area contributed by atoms with Crippen molar-refractivity contribution in [3.05, 3.63) is 34.3 Å². The van der Waals surface area contributed by atoms with Crippen molar-refractivity contribution < 1.29 is 42.2 Å². The molecule has 1 aliphatic heterocycles. The van der Waals surface area contributed by atoms with Crippen LogP contribution in [0.15, 0.2) is 22.7 Å². The van der Waals surface area contributed by atoms with Crippen LogP contribution in [0.25, 0.3) is 5.70 Å². The van der Waals surface area contributed by atoms with Crippen LogP contribution in [-0.2, 0) is 37.5 Å². The molecule has 6 heteroatoms. The minimum absolute atomic E-state index is 0. The van der Waals surface area contributed by atoms with Crippen molar-refractivity contribution in [2.75, 3.05) is 13.7 Å². The van der Waals surface area contributed by atoms with E-state index in [2.05, 4.69) is 50.5 Å². The van der Waals surface area contributed by atoms with Crippen molar-refractivity contribution >= 4 is 50.1 Å². The summed E-state index contributed by atoms with van der Waals surface area (Å²) in [5.41, 5.74) is 1.70. The van der Waals surface area contributed by atoms with Gasteiger partial charge in [0.25, 0.3) is 0 Å². The van der Waals surface area contributed by atoms with Gasteiger partial charge in [-0.05, 0) is 12.1 Å². The Hall–Kier alpha value is 0.104. The fourth-order valence-corrected chi connectivity index (χ4v) is 3.07. The van der Waals surface area contributed by atoms with E-state index in [9.17, 15) is 4.79 Å². The smallest absolute Gasteiger partial charge is 0.235 e. The molecule has 0 spiro atoms. The van der Waals surface area contributed by atoms with E-state index in [1.165, 1.54) is 0 Å². The van der Waals surface area contributed by atoms with Gasteiger partial charge in [0.15, 0.2) is 0 Å². The zero-order chi connectivity index (χ0) is 14.7. The summed E-state index contributed by atoms with van der Waals surface area (Å²) in [5.74, 6) is 3.21. The van der Waals surface area contributed by atoms with Crippen LogP contribution in [0.3, 0.4) is 0 Å². The van der Waals surface area contributed by atoms with Gasteiger partial charge in [-0.1, -0.05) is 55.3 Å². The standard InChI is InChI=1S/C15H12BrINO2.Y/c1-3-8-20-10-4-5-11(12(16)9-10)14-7-6-13(17)15(19)18(14)2;/h1,4-5,9,13H,6,8H2,2H3;/q-1;. The van der Waals surface area contributed by atoms with Crippen LogP contribution in [0.1, 0.15) is 12.0 Å². The maximum atomic E-state index is 12.0. The number of hydrogen-bond acceptors (Lipinski definition) is 2. The molecule has 1 amide bonds. The zero-order valence-corrected chi connectivity index (χ0v) is 18.0. The monoisotopic (exact) mass is 533 g/mol. The maximum Gasteiger partial charge on any atom is 0.235 e. The Bertz CT molecular complexity index is 612. The van der Waals surface area contributed by atoms with Crippen LogP contribution in [-0.4, -0.2) is 28.4 Å². The molecule has 21 heavy (non-hydrogen) atoms. The number of terminal acetylenes is 1. The molecular weight excluding hydrogens is 522 g/mol. The summed E-state index contributed by atoms with van der Waals surface area (Å²) >= 11 is 5.64. The summed E-state index contributed by atoms with van der Waals surface area (Å²) in [4.78, 5) is 13.7. The third kappa shape index (κ3) is 4.54. The van der Waals surface area contributed by atoms with Gasteiger partial charge in [0.2, 0.25) is 5.91 Å². The van der Waals surface area contributed by atoms with E-state index in [0.717, 1.165) is 15.7 Å². The van der Waals surface area contributed by atoms with Crippen molar-refractivity contribution in [2.45, 2.75) is 10.3 Å². The molecule has 0 saturated heterocycles. The number of allylic oxidation sites excluding steroid dienone is 1. The second kappa shape index (κ2) is 8.66. The number of halogens is 2. The molecule has 2 rings (SSSR count). The second-order valence-electron chi connectivity index (χ2n) is 4.23. The Labute approximate surface area is 172 Å². The molecule has 0 N–H and O–H groups in total. The fourth-order valence-electron chi connectivity index (χ4n) is 1.89. The van der Waals surface area contributed by atoms with Crippen LogP contribution < -0.4 is 4.74 Å². The predicted octanol–water partition coefficient (Wildman–Crippen LogP) is 3.27. The molecule has 107 valence electrons. The molecule has 1 aromatic rings. The quantitative estimate of drug-likeness (QED) is 0.258. The molecular formula is C15H12BrINO2Y-. The van der Waals surface area contributed by atoms with Crippen molar-refractivity contribution in [1.82, 2.24) is 4.90 Å². The minimum Gasteiger partial charge on any atom is -0.481 e. The second-order valence-corrected chi connectivity index (χ2v) is 6.59. The SMILES string of the molecule is C#CCOc1ccc(C2=[C-]CC(I)C(=O)N2C)c(Br)c1.[Y]. The first-order chi connectivity index (χ1) is 9.54. The molecule has 1 radical (unpaired) electrons. The van der Waals surface area contributed by atoms with Crippen LogP contribution in [0, 0.1) is 18.4 Å². The number of carbonyl (C=O) groups is 1. The van der Waals surface area contributed by atoms with E-state index in [1.54, 1.807) is 11.9 Å². The average Bonchev–Trinajstić information content (AvgIpc) is 2.44. The van der Waals surface area contributed by atoms with E-state index in [1.807, 2.05) is 18.2 Å². The summed E-state index contributed by atoms with van der Waals surface area (Å²) in [6.07, 6.45) is 9.07. The molecule has 0 bridgehead atoms. The first-order valence-electron chi connectivity index (χ1n) is 5.93. The van der Waals surface area contributed by atoms with Gasteiger partial charge in [-0.25, -0.2) is 6.08 Å². The number of ether oxygens (including phenoxy) is 1. The van der Waals surface area contributed by atoms with Crippen LogP contribution >= 0.6 is 38.5 Å². The van der Waals surface area contributed by atoms with E-state index < -0.39 is 0 Å². The Kier molecular flexibility index (Phi) is 7.90. The fraction of sp³-hybridized carbons (Fsp3) is 0.267. The first kappa shape index (κ1) is 19.2. The van der Waals surface area contributed by atoms with Gasteiger partial charge in [0.05, 0.1) is 3.92 Å². The molecule has 0 fully saturated rings. The van der Waals surface area contributed by atoms with Gasteiger partial charge in [0, 0.05) is 39.8 Å². The molecule has 1 heterocycles. The Morgan fingerprint density at radius 1 is 1.62 bits per heavy atom. The number of carbonyl (C=O) groups excluding carboxylic acids is 1. The predicted molar refractivity (Wildman–Crippen MR) is 90.3 cm³/mol. The van der Waals surface area contributed by atoms with Crippen LogP contribution in [0.4, 0.5) is 0 Å². The van der Waals surface area contributed by atoms with Crippen LogP contribution in [0.5, 0.6) is 5.75 Å². The molecule has 0 aliphatic carbocycles. The molecule has 0 aromatic heterocycles. The van der Waals surface area contributed by atoms with E-state index >= 15 is 0 Å². The van der Waals surface area contributed by atoms with E-state index in [4.69, 9.17) is 11.2 Å². The Balaban J connectivity index is 0.00000220. The van der Waals surface area contributed by atoms with Gasteiger partial charge < -0.3 is 9.64 Å². The minimum atomic E-state index is -0.0432. The number of rotatable bonds is 3. The molecule has 3 nitrogen and oxygen atoms in total. The summed E-state index contributed by atoms with van der Waals surface area (Å²) in [6.45, 7) is 0.232. The summed E-state index contributed by atoms with van der Waals surface area (Å²) in [5, 5.41) is 0. The van der Waals surface area contributed by atoms with Gasteiger partial charge in [0.1, 0.15) is 12.4 Å². The molecule has 0 saturated carbocycles. The van der Waals surface area contributed by atoms with Gasteiger partial charge >= 0.3 is 0 Å². The number of hydrogen-bond donors (Lipinski definition) is 0. The average molecular weight is 534 g/mol. The van der Waals surface area contributed by atoms with Gasteiger partial charge in [-0.3, -0.25) is 4.79 Å². The number of nitrogens with zero attached hydrogens (tertiary/aromatic N) is 1. The Morgan fingerprint density at radius 3 is 2.95 bits per heavy atom. The summed E-state index contributed by atoms with van der Waals surface area (Å²) in [7, 11) is 1.77.